The van der Waals surface area contributed by atoms with Gasteiger partial charge in [-0.05, 0) is 20.3 Å². The fourth-order valence-electron chi connectivity index (χ4n) is 4.17. The highest BCUT2D eigenvalue weighted by Gasteiger charge is 2.29. The number of imidazole rings is 1. The van der Waals surface area contributed by atoms with Crippen molar-refractivity contribution in [3.05, 3.63) is 34.8 Å². The molecule has 0 bridgehead atoms. The smallest absolute Gasteiger partial charge is 0.158 e. The van der Waals surface area contributed by atoms with Gasteiger partial charge >= 0.3 is 0 Å². The van der Waals surface area contributed by atoms with Crippen LogP contribution in [0.3, 0.4) is 0 Å². The Morgan fingerprint density at radius 2 is 2.15 bits per heavy atom. The van der Waals surface area contributed by atoms with Crippen LogP contribution in [0.15, 0.2) is 6.33 Å². The van der Waals surface area contributed by atoms with Gasteiger partial charge in [0.05, 0.1) is 18.0 Å². The number of hydrogen-bond donors (Lipinski definition) is 0. The molecule has 2 aliphatic rings. The predicted octanol–water partition coefficient (Wildman–Crippen LogP) is 1.54. The summed E-state index contributed by atoms with van der Waals surface area (Å²) in [5.41, 5.74) is 5.86. The van der Waals surface area contributed by atoms with E-state index in [1.807, 2.05) is 23.2 Å². The van der Waals surface area contributed by atoms with Crippen LogP contribution in [0.1, 0.15) is 40.8 Å². The number of hydrogen-bond acceptors (Lipinski definition) is 6. The van der Waals surface area contributed by atoms with Crippen molar-refractivity contribution in [3.63, 3.8) is 0 Å². The first-order chi connectivity index (χ1) is 12.6. The van der Waals surface area contributed by atoms with Gasteiger partial charge in [-0.15, -0.1) is 0 Å². The van der Waals surface area contributed by atoms with E-state index in [2.05, 4.69) is 27.0 Å². The third-order valence-electron chi connectivity index (χ3n) is 5.73. The van der Waals surface area contributed by atoms with Crippen LogP contribution in [0.25, 0.3) is 5.52 Å². The summed E-state index contributed by atoms with van der Waals surface area (Å²) in [6, 6.07) is 0. The highest BCUT2D eigenvalue weighted by Crippen LogP contribution is 2.34. The molecule has 2 aliphatic heterocycles. The van der Waals surface area contributed by atoms with Gasteiger partial charge in [0.25, 0.3) is 0 Å². The topological polar surface area (TPSA) is 73.4 Å². The number of ether oxygens (including phenoxy) is 1. The molecule has 26 heavy (non-hydrogen) atoms. The lowest BCUT2D eigenvalue weighted by Crippen LogP contribution is -2.31. The van der Waals surface area contributed by atoms with Crippen LogP contribution in [0.2, 0.25) is 0 Å². The molecule has 136 valence electrons. The normalized spacial score (nSPS) is 20.1. The number of nitrogens with zero attached hydrogens (tertiary/aromatic N) is 7. The molecule has 8 nitrogen and oxygen atoms in total. The van der Waals surface area contributed by atoms with Gasteiger partial charge in [-0.25, -0.2) is 14.5 Å². The fourth-order valence-corrected chi connectivity index (χ4v) is 4.17. The lowest BCUT2D eigenvalue weighted by molar-refractivity contribution is 0.193. The zero-order valence-electron chi connectivity index (χ0n) is 15.4. The van der Waals surface area contributed by atoms with Gasteiger partial charge < -0.3 is 9.64 Å². The van der Waals surface area contributed by atoms with Crippen molar-refractivity contribution in [2.75, 3.05) is 24.7 Å². The molecule has 0 radical (unpaired) electrons. The summed E-state index contributed by atoms with van der Waals surface area (Å²) in [5, 5.41) is 9.10. The van der Waals surface area contributed by atoms with Crippen LogP contribution in [0.4, 0.5) is 5.82 Å². The third-order valence-corrected chi connectivity index (χ3v) is 5.73. The molecule has 5 heterocycles. The van der Waals surface area contributed by atoms with E-state index < -0.39 is 0 Å². The minimum Gasteiger partial charge on any atom is -0.381 e. The molecule has 0 aromatic carbocycles. The van der Waals surface area contributed by atoms with Gasteiger partial charge in [-0.1, -0.05) is 0 Å². The van der Waals surface area contributed by atoms with Gasteiger partial charge in [-0.2, -0.15) is 10.2 Å². The highest BCUT2D eigenvalue weighted by atomic mass is 16.5. The number of aryl methyl sites for hydroxylation is 2. The second-order valence-corrected chi connectivity index (χ2v) is 7.25. The fraction of sp³-hybridized carbons (Fsp3) is 0.556. The van der Waals surface area contributed by atoms with E-state index in [0.29, 0.717) is 5.92 Å². The molecule has 3 aromatic heterocycles. The molecule has 0 N–H and O–H groups in total. The molecule has 1 saturated heterocycles. The lowest BCUT2D eigenvalue weighted by atomic mass is 10.0. The molecule has 0 unspecified atom stereocenters. The van der Waals surface area contributed by atoms with E-state index in [9.17, 15) is 0 Å². The van der Waals surface area contributed by atoms with Crippen molar-refractivity contribution in [3.8, 4) is 0 Å². The summed E-state index contributed by atoms with van der Waals surface area (Å²) in [5.74, 6) is 2.20. The van der Waals surface area contributed by atoms with Gasteiger partial charge in [0.15, 0.2) is 5.82 Å². The van der Waals surface area contributed by atoms with Gasteiger partial charge in [0.1, 0.15) is 17.7 Å². The molecule has 5 rings (SSSR count). The minimum atomic E-state index is 0.323. The maximum Gasteiger partial charge on any atom is 0.158 e. The zero-order chi connectivity index (χ0) is 17.8. The summed E-state index contributed by atoms with van der Waals surface area (Å²) in [7, 11) is 2.01. The summed E-state index contributed by atoms with van der Waals surface area (Å²) in [6.45, 7) is 7.39. The van der Waals surface area contributed by atoms with Crippen LogP contribution in [-0.4, -0.2) is 49.1 Å². The molecule has 3 aromatic rings. The van der Waals surface area contributed by atoms with Crippen LogP contribution < -0.4 is 4.90 Å². The molecule has 8 heteroatoms. The number of aromatic nitrogens is 6. The van der Waals surface area contributed by atoms with Crippen molar-refractivity contribution in [1.29, 1.82) is 0 Å². The number of rotatable bonds is 2. The molecule has 0 amide bonds. The van der Waals surface area contributed by atoms with Crippen molar-refractivity contribution in [2.24, 2.45) is 7.05 Å². The van der Waals surface area contributed by atoms with E-state index in [0.717, 1.165) is 62.0 Å². The van der Waals surface area contributed by atoms with E-state index in [1.165, 1.54) is 17.0 Å². The molecule has 0 spiro atoms. The molecule has 0 saturated carbocycles. The second-order valence-electron chi connectivity index (χ2n) is 7.25. The first-order valence-corrected chi connectivity index (χ1v) is 9.17. The summed E-state index contributed by atoms with van der Waals surface area (Å²) in [4.78, 5) is 11.8. The number of anilines is 1. The van der Waals surface area contributed by atoms with Crippen molar-refractivity contribution < 1.29 is 4.74 Å². The first kappa shape index (κ1) is 15.7. The van der Waals surface area contributed by atoms with Crippen LogP contribution >= 0.6 is 0 Å². The van der Waals surface area contributed by atoms with Crippen molar-refractivity contribution in [1.82, 2.24) is 29.4 Å². The third kappa shape index (κ3) is 2.25. The quantitative estimate of drug-likeness (QED) is 0.696. The maximum absolute atomic E-state index is 5.61. The summed E-state index contributed by atoms with van der Waals surface area (Å²) < 4.78 is 9.52. The highest BCUT2D eigenvalue weighted by molar-refractivity contribution is 5.73. The Labute approximate surface area is 151 Å². The standard InChI is InChI=1S/C18H23N7O/c1-11-14-8-24(6-4-15(14)22-23(11)3)18-17-16(13-5-7-26-9-13)21-12(2)25(17)20-10-19-18/h10,13H,4-9H2,1-3H3/t13-/m1/s1. The second kappa shape index (κ2) is 5.77. The zero-order valence-corrected chi connectivity index (χ0v) is 15.4. The predicted molar refractivity (Wildman–Crippen MR) is 96.4 cm³/mol. The Bertz CT molecular complexity index is 983. The van der Waals surface area contributed by atoms with E-state index >= 15 is 0 Å². The molecule has 1 atom stereocenters. The van der Waals surface area contributed by atoms with Crippen LogP contribution in [-0.2, 0) is 24.8 Å². The Hall–Kier alpha value is -2.48. The molecular formula is C18H23N7O. The Morgan fingerprint density at radius 1 is 1.27 bits per heavy atom. The molecular weight excluding hydrogens is 330 g/mol. The summed E-state index contributed by atoms with van der Waals surface area (Å²) >= 11 is 0. The average molecular weight is 353 g/mol. The van der Waals surface area contributed by atoms with Crippen molar-refractivity contribution >= 4 is 11.3 Å². The van der Waals surface area contributed by atoms with Crippen molar-refractivity contribution in [2.45, 2.75) is 39.2 Å². The maximum atomic E-state index is 5.61. The first-order valence-electron chi connectivity index (χ1n) is 9.17. The van der Waals surface area contributed by atoms with Crippen LogP contribution in [0.5, 0.6) is 0 Å². The van der Waals surface area contributed by atoms with Gasteiger partial charge in [0.2, 0.25) is 0 Å². The Kier molecular flexibility index (Phi) is 3.49. The largest absolute Gasteiger partial charge is 0.381 e. The van der Waals surface area contributed by atoms with E-state index in [1.54, 1.807) is 6.33 Å². The van der Waals surface area contributed by atoms with Crippen LogP contribution in [0, 0.1) is 13.8 Å². The number of fused-ring (bicyclic) bond motifs is 2. The van der Waals surface area contributed by atoms with E-state index in [-0.39, 0.29) is 0 Å². The molecule has 0 aliphatic carbocycles. The minimum absolute atomic E-state index is 0.323. The Morgan fingerprint density at radius 3 is 2.96 bits per heavy atom. The Balaban J connectivity index is 1.62. The lowest BCUT2D eigenvalue weighted by Gasteiger charge is -2.28. The molecule has 1 fully saturated rings. The van der Waals surface area contributed by atoms with Gasteiger partial charge in [-0.3, -0.25) is 4.68 Å². The van der Waals surface area contributed by atoms with Gasteiger partial charge in [0, 0.05) is 50.3 Å². The average Bonchev–Trinajstić information content (AvgIpc) is 3.35. The van der Waals surface area contributed by atoms with E-state index in [4.69, 9.17) is 9.72 Å². The SMILES string of the molecule is Cc1c2c(nn1C)CCN(c1ncnn3c(C)nc([C@@H]4CCOC4)c13)C2. The monoisotopic (exact) mass is 353 g/mol. The summed E-state index contributed by atoms with van der Waals surface area (Å²) in [6.07, 6.45) is 3.58.